The Hall–Kier alpha value is 3.98. The summed E-state index contributed by atoms with van der Waals surface area (Å²) in [5, 5.41) is -2.72. The van der Waals surface area contributed by atoms with Gasteiger partial charge in [0.15, 0.2) is 0 Å². The second-order valence-corrected chi connectivity index (χ2v) is 11.6. The second kappa shape index (κ2) is 14.5. The quantitative estimate of drug-likeness (QED) is 0.313. The predicted octanol–water partition coefficient (Wildman–Crippen LogP) is -4.38. The molecule has 0 heterocycles. The largest absolute Gasteiger partial charge is 2.00 e. The maximum absolute atomic E-state index is 4.97. The molecule has 0 rings (SSSR count). The zero-order valence-electron chi connectivity index (χ0n) is 4.18. The minimum absolute atomic E-state index is 0. The minimum atomic E-state index is -2.72. The van der Waals surface area contributed by atoms with Crippen LogP contribution in [0.5, 0.6) is 0 Å². The molecule has 0 unspecified atom stereocenters. The Bertz CT molecular complexity index is 28.5. The van der Waals surface area contributed by atoms with Crippen molar-refractivity contribution in [1.82, 2.24) is 0 Å². The molecule has 0 amide bonds. The maximum atomic E-state index is 4.97. The Kier molecular flexibility index (Phi) is 47.1. The van der Waals surface area contributed by atoms with Crippen LogP contribution in [0.25, 0.3) is 0 Å². The van der Waals surface area contributed by atoms with Crippen LogP contribution >= 0.6 is 44.3 Å². The van der Waals surface area contributed by atoms with E-state index in [0.29, 0.717) is 0 Å². The van der Waals surface area contributed by atoms with Crippen LogP contribution in [0.3, 0.4) is 0 Å². The summed E-state index contributed by atoms with van der Waals surface area (Å²) in [6, 6.07) is 0. The van der Waals surface area contributed by atoms with Gasteiger partial charge >= 0.3 is 66.1 Å². The smallest absolute Gasteiger partial charge is 1.00 e. The zero-order chi connectivity index (χ0) is 4.50. The molecule has 9 heavy (non-hydrogen) atoms. The molecule has 0 saturated heterocycles. The number of rotatable bonds is 0. The van der Waals surface area contributed by atoms with Crippen LogP contribution in [-0.4, -0.2) is 66.1 Å². The van der Waals surface area contributed by atoms with Crippen molar-refractivity contribution in [1.29, 1.82) is 0 Å². The van der Waals surface area contributed by atoms with Crippen molar-refractivity contribution < 1.29 is 24.8 Å². The summed E-state index contributed by atoms with van der Waals surface area (Å²) in [4.78, 5) is 0. The van der Waals surface area contributed by atoms with Crippen LogP contribution in [0.2, 0.25) is 0 Å². The molecule has 0 atom stereocenters. The Balaban J connectivity index is -0.0000000133. The van der Waals surface area contributed by atoms with Crippen LogP contribution in [-0.2, 0) is 0 Å². The van der Waals surface area contributed by atoms with Gasteiger partial charge in [0.05, 0.1) is 0 Å². The Morgan fingerprint density at radius 2 is 0.778 bits per heavy atom. The van der Waals surface area contributed by atoms with Gasteiger partial charge in [-0.1, -0.05) is 0 Å². The van der Waals surface area contributed by atoms with E-state index in [4.69, 9.17) is 44.3 Å². The fourth-order valence-electron chi connectivity index (χ4n) is 0. The molecule has 0 N–H and O–H groups in total. The summed E-state index contributed by atoms with van der Waals surface area (Å²) in [7, 11) is 0. The van der Waals surface area contributed by atoms with Gasteiger partial charge < -0.3 is 24.8 Å². The van der Waals surface area contributed by atoms with Crippen LogP contribution < -0.4 is 24.8 Å². The maximum Gasteiger partial charge on any atom is 2.00 e. The first-order valence-corrected chi connectivity index (χ1v) is 6.80. The van der Waals surface area contributed by atoms with Crippen molar-refractivity contribution in [3.63, 3.8) is 0 Å². The fourth-order valence-corrected chi connectivity index (χ4v) is 0. The molecule has 0 aromatic heterocycles. The molecule has 0 saturated carbocycles. The summed E-state index contributed by atoms with van der Waals surface area (Å²) in [6.45, 7) is 0. The Morgan fingerprint density at radius 1 is 0.778 bits per heavy atom. The van der Waals surface area contributed by atoms with E-state index in [1.54, 1.807) is 0 Å². The van der Waals surface area contributed by atoms with Crippen molar-refractivity contribution in [2.24, 2.45) is 0 Å². The van der Waals surface area contributed by atoms with Gasteiger partial charge in [0.25, 0.3) is 0 Å². The first-order valence-electron chi connectivity index (χ1n) is 0.756. The fraction of sp³-hybridized carbons (Fsp3) is 0. The van der Waals surface area contributed by atoms with Crippen molar-refractivity contribution in [2.45, 2.75) is 0 Å². The SMILES string of the molecule is Cl[Si](Cl)(Cl)Cl.[Ca+2].[Cl-].[Cl-].[Mg+2]. The third-order valence-corrected chi connectivity index (χ3v) is 0. The van der Waals surface area contributed by atoms with E-state index in [0.717, 1.165) is 0 Å². The molecule has 0 aliphatic carbocycles. The van der Waals surface area contributed by atoms with Gasteiger partial charge in [0.1, 0.15) is 0 Å². The molecule has 48 valence electrons. The van der Waals surface area contributed by atoms with Gasteiger partial charge in [0.2, 0.25) is 0 Å². The molecule has 0 fully saturated rings. The van der Waals surface area contributed by atoms with Crippen molar-refractivity contribution >= 4 is 110 Å². The minimum Gasteiger partial charge on any atom is -1.00 e. The monoisotopic (exact) mass is 302 g/mol. The Labute approximate surface area is 132 Å². The number of halogens is 6. The molecule has 0 aromatic rings. The van der Waals surface area contributed by atoms with E-state index in [2.05, 4.69) is 0 Å². The van der Waals surface area contributed by atoms with Crippen LogP contribution in [0, 0.1) is 0 Å². The van der Waals surface area contributed by atoms with Crippen LogP contribution in [0.15, 0.2) is 0 Å². The molecule has 0 aromatic carbocycles. The van der Waals surface area contributed by atoms with E-state index in [-0.39, 0.29) is 85.6 Å². The normalized spacial score (nSPS) is 6.67. The van der Waals surface area contributed by atoms with Gasteiger partial charge in [-0.2, -0.15) is 0 Å². The summed E-state index contributed by atoms with van der Waals surface area (Å²) >= 11 is 19.9. The molecular weight excluding hydrogens is 305 g/mol. The molecule has 0 aliphatic rings. The molecule has 9 heteroatoms. The molecule has 0 spiro atoms. The third-order valence-electron chi connectivity index (χ3n) is 0. The predicted molar refractivity (Wildman–Crippen MR) is 40.7 cm³/mol. The van der Waals surface area contributed by atoms with E-state index in [9.17, 15) is 0 Å². The van der Waals surface area contributed by atoms with E-state index in [1.807, 2.05) is 0 Å². The summed E-state index contributed by atoms with van der Waals surface area (Å²) in [6.07, 6.45) is 0. The molecule has 0 nitrogen and oxygen atoms in total. The zero-order valence-corrected chi connectivity index (χ0v) is 13.3. The topological polar surface area (TPSA) is 0 Å². The van der Waals surface area contributed by atoms with Crippen molar-refractivity contribution in [2.75, 3.05) is 0 Å². The standard InChI is InChI=1S/Ca.Cl4Si.2ClH.Mg/c;1-5(2,3)4;;;/h;;2*1H;/q+2;;;;+2/p-2. The Morgan fingerprint density at radius 3 is 0.778 bits per heavy atom. The van der Waals surface area contributed by atoms with Crippen molar-refractivity contribution in [3.05, 3.63) is 0 Å². The van der Waals surface area contributed by atoms with Gasteiger partial charge in [-0.25, -0.2) is 0 Å². The van der Waals surface area contributed by atoms with E-state index in [1.165, 1.54) is 0 Å². The second-order valence-electron chi connectivity index (χ2n) is 0.429. The molecule has 0 bridgehead atoms. The molecule has 0 radical (unpaired) electrons. The number of hydrogen-bond donors (Lipinski definition) is 0. The first kappa shape index (κ1) is 29.3. The summed E-state index contributed by atoms with van der Waals surface area (Å²) in [5.74, 6) is 0. The van der Waals surface area contributed by atoms with Gasteiger partial charge in [0, 0.05) is 0 Å². The van der Waals surface area contributed by atoms with E-state index < -0.39 is 5.31 Å². The summed E-state index contributed by atoms with van der Waals surface area (Å²) < 4.78 is 0. The average Bonchev–Trinajstić information content (AvgIpc) is 0.722. The molecule has 0 aliphatic heterocycles. The third kappa shape index (κ3) is 75.3. The summed E-state index contributed by atoms with van der Waals surface area (Å²) in [5.41, 5.74) is 0. The van der Waals surface area contributed by atoms with Gasteiger partial charge in [-0.15, -0.1) is 44.3 Å². The average molecular weight is 305 g/mol. The number of hydrogen-bond acceptors (Lipinski definition) is 0. The van der Waals surface area contributed by atoms with Gasteiger partial charge in [-0.3, -0.25) is 0 Å². The van der Waals surface area contributed by atoms with Crippen molar-refractivity contribution in [3.8, 4) is 0 Å². The van der Waals surface area contributed by atoms with Crippen LogP contribution in [0.4, 0.5) is 0 Å². The van der Waals surface area contributed by atoms with Gasteiger partial charge in [-0.05, 0) is 0 Å². The first-order chi connectivity index (χ1) is 2.00. The van der Waals surface area contributed by atoms with Crippen LogP contribution in [0.1, 0.15) is 0 Å². The van der Waals surface area contributed by atoms with E-state index >= 15 is 0 Å². The molecular formula is CaCl6MgSi+2.